The Morgan fingerprint density at radius 3 is 2.19 bits per heavy atom. The van der Waals surface area contributed by atoms with Crippen molar-refractivity contribution in [3.63, 3.8) is 0 Å². The average molecular weight is 305 g/mol. The molecule has 0 aliphatic heterocycles. The van der Waals surface area contributed by atoms with Gasteiger partial charge in [-0.3, -0.25) is 0 Å². The highest BCUT2D eigenvalue weighted by molar-refractivity contribution is 6.30. The Morgan fingerprint density at radius 2 is 1.62 bits per heavy atom. The molecular weight excluding hydrogens is 284 g/mol. The van der Waals surface area contributed by atoms with Gasteiger partial charge in [0.2, 0.25) is 0 Å². The number of hydrogen-bond donors (Lipinski definition) is 0. The molecule has 2 rings (SSSR count). The first kappa shape index (κ1) is 15.8. The lowest BCUT2D eigenvalue weighted by molar-refractivity contribution is 0.454. The Bertz CT molecular complexity index is 675. The fraction of sp³-hybridized carbons (Fsp3) is 0.412. The number of ether oxygens (including phenoxy) is 1. The second-order valence-corrected chi connectivity index (χ2v) is 6.68. The third-order valence-electron chi connectivity index (χ3n) is 3.48. The Balaban J connectivity index is 2.35. The zero-order valence-electron chi connectivity index (χ0n) is 13.4. The van der Waals surface area contributed by atoms with Gasteiger partial charge in [0, 0.05) is 0 Å². The van der Waals surface area contributed by atoms with Gasteiger partial charge in [0.1, 0.15) is 5.75 Å². The molecule has 0 amide bonds. The van der Waals surface area contributed by atoms with Crippen LogP contribution in [0.3, 0.4) is 0 Å². The van der Waals surface area contributed by atoms with Gasteiger partial charge in [0.25, 0.3) is 5.88 Å². The molecule has 1 aromatic carbocycles. The zero-order chi connectivity index (χ0) is 15.8. The number of rotatable bonds is 2. The fourth-order valence-corrected chi connectivity index (χ4v) is 2.16. The number of benzene rings is 1. The van der Waals surface area contributed by atoms with Crippen molar-refractivity contribution >= 4 is 11.6 Å². The molecule has 0 aliphatic rings. The molecule has 0 atom stereocenters. The van der Waals surface area contributed by atoms with Gasteiger partial charge in [-0.1, -0.05) is 44.5 Å². The first-order valence-electron chi connectivity index (χ1n) is 6.98. The maximum Gasteiger partial charge on any atom is 0.257 e. The molecular formula is C17H21ClN2O. The van der Waals surface area contributed by atoms with Crippen molar-refractivity contribution in [1.82, 2.24) is 9.97 Å². The van der Waals surface area contributed by atoms with Crippen LogP contribution in [-0.2, 0) is 5.41 Å². The minimum Gasteiger partial charge on any atom is -0.436 e. The minimum atomic E-state index is 0.112. The predicted molar refractivity (Wildman–Crippen MR) is 86.5 cm³/mol. The summed E-state index contributed by atoms with van der Waals surface area (Å²) in [5.74, 6) is 1.11. The van der Waals surface area contributed by atoms with E-state index in [4.69, 9.17) is 16.3 Å². The Labute approximate surface area is 131 Å². The first-order valence-corrected chi connectivity index (χ1v) is 7.36. The van der Waals surface area contributed by atoms with Crippen LogP contribution < -0.4 is 4.74 Å². The maximum absolute atomic E-state index is 6.11. The molecule has 4 heteroatoms. The molecule has 0 spiro atoms. The molecule has 0 aliphatic carbocycles. The van der Waals surface area contributed by atoms with E-state index in [0.717, 1.165) is 22.7 Å². The highest BCUT2D eigenvalue weighted by Crippen LogP contribution is 2.32. The van der Waals surface area contributed by atoms with E-state index in [9.17, 15) is 0 Å². The standard InChI is InChI=1S/C17H21ClN2O/c1-10-9-13(17(4,5)6)7-8-14(10)21-16-15(18)19-11(2)12(3)20-16/h7-9H,1-6H3. The number of nitrogens with zero attached hydrogens (tertiary/aromatic N) is 2. The lowest BCUT2D eigenvalue weighted by Crippen LogP contribution is -2.11. The maximum atomic E-state index is 6.11. The van der Waals surface area contributed by atoms with Gasteiger partial charge < -0.3 is 4.74 Å². The van der Waals surface area contributed by atoms with Crippen molar-refractivity contribution in [3.8, 4) is 11.6 Å². The molecule has 0 saturated carbocycles. The SMILES string of the molecule is Cc1cc(C(C)(C)C)ccc1Oc1nc(C)c(C)nc1Cl. The number of aromatic nitrogens is 2. The molecule has 2 aromatic rings. The van der Waals surface area contributed by atoms with Gasteiger partial charge in [-0.05, 0) is 43.4 Å². The van der Waals surface area contributed by atoms with Crippen molar-refractivity contribution in [2.45, 2.75) is 47.0 Å². The molecule has 21 heavy (non-hydrogen) atoms. The van der Waals surface area contributed by atoms with Crippen molar-refractivity contribution < 1.29 is 4.74 Å². The van der Waals surface area contributed by atoms with Crippen LogP contribution in [0.1, 0.15) is 43.3 Å². The van der Waals surface area contributed by atoms with E-state index in [1.54, 1.807) is 0 Å². The fourth-order valence-electron chi connectivity index (χ4n) is 1.95. The van der Waals surface area contributed by atoms with Crippen molar-refractivity contribution in [2.24, 2.45) is 0 Å². The third-order valence-corrected chi connectivity index (χ3v) is 3.73. The summed E-state index contributed by atoms with van der Waals surface area (Å²) in [5, 5.41) is 0.289. The lowest BCUT2D eigenvalue weighted by Gasteiger charge is -2.20. The average Bonchev–Trinajstić information content (AvgIpc) is 2.36. The van der Waals surface area contributed by atoms with Gasteiger partial charge >= 0.3 is 0 Å². The third kappa shape index (κ3) is 3.53. The molecule has 0 unspecified atom stereocenters. The van der Waals surface area contributed by atoms with Gasteiger partial charge in [0.15, 0.2) is 5.15 Å². The van der Waals surface area contributed by atoms with Crippen LogP contribution in [-0.4, -0.2) is 9.97 Å². The highest BCUT2D eigenvalue weighted by Gasteiger charge is 2.16. The lowest BCUT2D eigenvalue weighted by atomic mass is 9.86. The van der Waals surface area contributed by atoms with Crippen molar-refractivity contribution in [1.29, 1.82) is 0 Å². The minimum absolute atomic E-state index is 0.112. The van der Waals surface area contributed by atoms with Crippen molar-refractivity contribution in [3.05, 3.63) is 45.9 Å². The van der Waals surface area contributed by atoms with Crippen LogP contribution in [0.25, 0.3) is 0 Å². The molecule has 3 nitrogen and oxygen atoms in total. The summed E-state index contributed by atoms with van der Waals surface area (Å²) in [4.78, 5) is 8.60. The number of halogens is 1. The molecule has 0 saturated heterocycles. The van der Waals surface area contributed by atoms with E-state index in [2.05, 4.69) is 42.9 Å². The number of aryl methyl sites for hydroxylation is 3. The predicted octanol–water partition coefficient (Wildman–Crippen LogP) is 5.15. The van der Waals surface area contributed by atoms with Crippen LogP contribution >= 0.6 is 11.6 Å². The summed E-state index contributed by atoms with van der Waals surface area (Å²) >= 11 is 6.11. The monoisotopic (exact) mass is 304 g/mol. The van der Waals surface area contributed by atoms with E-state index >= 15 is 0 Å². The second-order valence-electron chi connectivity index (χ2n) is 6.32. The topological polar surface area (TPSA) is 35.0 Å². The molecule has 1 heterocycles. The van der Waals surface area contributed by atoms with E-state index in [-0.39, 0.29) is 10.6 Å². The Kier molecular flexibility index (Phi) is 4.24. The summed E-state index contributed by atoms with van der Waals surface area (Å²) in [7, 11) is 0. The van der Waals surface area contributed by atoms with E-state index in [0.29, 0.717) is 5.88 Å². The zero-order valence-corrected chi connectivity index (χ0v) is 14.2. The summed E-state index contributed by atoms with van der Waals surface area (Å²) in [6, 6.07) is 6.17. The summed E-state index contributed by atoms with van der Waals surface area (Å²) in [6.45, 7) is 12.4. The van der Waals surface area contributed by atoms with Gasteiger partial charge in [0.05, 0.1) is 11.4 Å². The van der Waals surface area contributed by atoms with Gasteiger partial charge in [-0.2, -0.15) is 0 Å². The van der Waals surface area contributed by atoms with Crippen LogP contribution in [0.5, 0.6) is 11.6 Å². The van der Waals surface area contributed by atoms with E-state index < -0.39 is 0 Å². The molecule has 1 aromatic heterocycles. The van der Waals surface area contributed by atoms with Crippen LogP contribution in [0.15, 0.2) is 18.2 Å². The Morgan fingerprint density at radius 1 is 1.00 bits per heavy atom. The Hall–Kier alpha value is -1.61. The normalized spacial score (nSPS) is 11.6. The largest absolute Gasteiger partial charge is 0.436 e. The molecule has 0 fully saturated rings. The summed E-state index contributed by atoms with van der Waals surface area (Å²) in [6.07, 6.45) is 0. The van der Waals surface area contributed by atoms with Crippen LogP contribution in [0.2, 0.25) is 5.15 Å². The van der Waals surface area contributed by atoms with Gasteiger partial charge in [-0.25, -0.2) is 9.97 Å². The summed E-state index contributed by atoms with van der Waals surface area (Å²) in [5.41, 5.74) is 4.06. The number of hydrogen-bond acceptors (Lipinski definition) is 3. The quantitative estimate of drug-likeness (QED) is 0.770. The van der Waals surface area contributed by atoms with E-state index in [1.165, 1.54) is 5.56 Å². The molecule has 112 valence electrons. The highest BCUT2D eigenvalue weighted by atomic mass is 35.5. The van der Waals surface area contributed by atoms with Gasteiger partial charge in [-0.15, -0.1) is 0 Å². The van der Waals surface area contributed by atoms with Crippen molar-refractivity contribution in [2.75, 3.05) is 0 Å². The van der Waals surface area contributed by atoms with Crippen LogP contribution in [0.4, 0.5) is 0 Å². The second kappa shape index (κ2) is 5.64. The van der Waals surface area contributed by atoms with Crippen LogP contribution in [0, 0.1) is 20.8 Å². The summed E-state index contributed by atoms with van der Waals surface area (Å²) < 4.78 is 5.84. The van der Waals surface area contributed by atoms with E-state index in [1.807, 2.05) is 26.8 Å². The molecule has 0 N–H and O–H groups in total. The first-order chi connectivity index (χ1) is 9.68. The molecule has 0 bridgehead atoms. The smallest absolute Gasteiger partial charge is 0.257 e. The molecule has 0 radical (unpaired) electrons.